The van der Waals surface area contributed by atoms with Crippen molar-refractivity contribution in [2.75, 3.05) is 7.05 Å². The van der Waals surface area contributed by atoms with Crippen molar-refractivity contribution in [3.63, 3.8) is 0 Å². The minimum absolute atomic E-state index is 0.0535. The van der Waals surface area contributed by atoms with Crippen LogP contribution in [0.15, 0.2) is 20.1 Å². The van der Waals surface area contributed by atoms with Crippen LogP contribution in [0, 0.1) is 0 Å². The lowest BCUT2D eigenvalue weighted by molar-refractivity contribution is 0.297. The van der Waals surface area contributed by atoms with E-state index < -0.39 is 10.0 Å². The minimum Gasteiger partial charge on any atom is -0.206 e. The first-order valence-electron chi connectivity index (χ1n) is 5.79. The molecule has 0 radical (unpaired) electrons. The quantitative estimate of drug-likeness (QED) is 0.702. The number of halogens is 2. The van der Waals surface area contributed by atoms with Gasteiger partial charge in [0.05, 0.1) is 0 Å². The Hall–Kier alpha value is 0.570. The molecule has 1 heterocycles. The van der Waals surface area contributed by atoms with Crippen molar-refractivity contribution in [2.24, 2.45) is 0 Å². The van der Waals surface area contributed by atoms with Gasteiger partial charge in [0.25, 0.3) is 10.0 Å². The summed E-state index contributed by atoms with van der Waals surface area (Å²) in [5.41, 5.74) is 0. The van der Waals surface area contributed by atoms with Crippen LogP contribution in [-0.2, 0) is 10.0 Å². The standard InChI is InChI=1S/C11H15Br2NO2S2/c1-14(10-5-3-2-4-8(10)12)18(15,16)11-9(13)6-7-17-11/h6-8,10H,2-5H2,1H3. The molecule has 1 aliphatic rings. The second-order valence-electron chi connectivity index (χ2n) is 4.45. The van der Waals surface area contributed by atoms with E-state index in [-0.39, 0.29) is 10.9 Å². The summed E-state index contributed by atoms with van der Waals surface area (Å²) >= 11 is 8.18. The Balaban J connectivity index is 2.27. The summed E-state index contributed by atoms with van der Waals surface area (Å²) in [5.74, 6) is 0. The van der Waals surface area contributed by atoms with Crippen LogP contribution >= 0.6 is 43.2 Å². The Morgan fingerprint density at radius 1 is 1.39 bits per heavy atom. The van der Waals surface area contributed by atoms with Gasteiger partial charge in [-0.25, -0.2) is 8.42 Å². The third-order valence-corrected chi connectivity index (χ3v) is 8.91. The van der Waals surface area contributed by atoms with Crippen LogP contribution in [0.4, 0.5) is 0 Å². The number of hydrogen-bond acceptors (Lipinski definition) is 3. The van der Waals surface area contributed by atoms with E-state index in [1.807, 2.05) is 0 Å². The van der Waals surface area contributed by atoms with Crippen LogP contribution in [0.1, 0.15) is 25.7 Å². The molecule has 2 rings (SSSR count). The van der Waals surface area contributed by atoms with E-state index in [1.165, 1.54) is 22.1 Å². The first-order chi connectivity index (χ1) is 8.44. The van der Waals surface area contributed by atoms with Crippen molar-refractivity contribution in [1.29, 1.82) is 0 Å². The Bertz CT molecular complexity index is 515. The second-order valence-corrected chi connectivity index (χ2v) is 9.58. The Morgan fingerprint density at radius 3 is 2.61 bits per heavy atom. The van der Waals surface area contributed by atoms with Gasteiger partial charge in [-0.3, -0.25) is 0 Å². The highest BCUT2D eigenvalue weighted by molar-refractivity contribution is 9.10. The van der Waals surface area contributed by atoms with Crippen LogP contribution in [-0.4, -0.2) is 30.6 Å². The van der Waals surface area contributed by atoms with Crippen LogP contribution in [0.25, 0.3) is 0 Å². The molecule has 0 amide bonds. The van der Waals surface area contributed by atoms with Crippen molar-refractivity contribution < 1.29 is 8.42 Å². The number of alkyl halides is 1. The molecule has 102 valence electrons. The van der Waals surface area contributed by atoms with Crippen molar-refractivity contribution >= 4 is 53.2 Å². The molecule has 1 aliphatic carbocycles. The zero-order valence-electron chi connectivity index (χ0n) is 9.97. The SMILES string of the molecule is CN(C1CCCCC1Br)S(=O)(=O)c1sccc1Br. The van der Waals surface area contributed by atoms with Gasteiger partial charge in [-0.05, 0) is 40.2 Å². The summed E-state index contributed by atoms with van der Waals surface area (Å²) in [6.07, 6.45) is 4.23. The van der Waals surface area contributed by atoms with Gasteiger partial charge in [0, 0.05) is 22.4 Å². The average Bonchev–Trinajstić information content (AvgIpc) is 2.76. The number of hydrogen-bond donors (Lipinski definition) is 0. The molecular formula is C11H15Br2NO2S2. The van der Waals surface area contributed by atoms with Crippen molar-refractivity contribution in [2.45, 2.75) is 40.8 Å². The Morgan fingerprint density at radius 2 is 2.06 bits per heavy atom. The fourth-order valence-electron chi connectivity index (χ4n) is 2.25. The van der Waals surface area contributed by atoms with Crippen molar-refractivity contribution in [3.05, 3.63) is 15.9 Å². The molecule has 0 N–H and O–H groups in total. The molecule has 2 unspecified atom stereocenters. The van der Waals surface area contributed by atoms with E-state index in [4.69, 9.17) is 0 Å². The molecule has 0 saturated heterocycles. The maximum atomic E-state index is 12.5. The largest absolute Gasteiger partial charge is 0.253 e. The summed E-state index contributed by atoms with van der Waals surface area (Å²) < 4.78 is 27.7. The highest BCUT2D eigenvalue weighted by Gasteiger charge is 2.35. The third kappa shape index (κ3) is 2.85. The topological polar surface area (TPSA) is 37.4 Å². The van der Waals surface area contributed by atoms with Gasteiger partial charge in [-0.2, -0.15) is 4.31 Å². The van der Waals surface area contributed by atoms with Crippen LogP contribution in [0.5, 0.6) is 0 Å². The molecule has 1 saturated carbocycles. The number of sulfonamides is 1. The number of nitrogens with zero attached hydrogens (tertiary/aromatic N) is 1. The molecule has 2 atom stereocenters. The fourth-order valence-corrected chi connectivity index (χ4v) is 7.25. The van der Waals surface area contributed by atoms with E-state index in [0.717, 1.165) is 19.3 Å². The molecule has 0 spiro atoms. The monoisotopic (exact) mass is 415 g/mol. The van der Waals surface area contributed by atoms with Gasteiger partial charge in [0.2, 0.25) is 0 Å². The normalized spacial score (nSPS) is 25.6. The third-order valence-electron chi connectivity index (χ3n) is 3.31. The summed E-state index contributed by atoms with van der Waals surface area (Å²) in [6, 6.07) is 1.83. The fraction of sp³-hybridized carbons (Fsp3) is 0.636. The average molecular weight is 417 g/mol. The van der Waals surface area contributed by atoms with Gasteiger partial charge in [-0.1, -0.05) is 28.8 Å². The predicted octanol–water partition coefficient (Wildman–Crippen LogP) is 3.84. The maximum Gasteiger partial charge on any atom is 0.253 e. The van der Waals surface area contributed by atoms with Crippen LogP contribution < -0.4 is 0 Å². The van der Waals surface area contributed by atoms with E-state index in [0.29, 0.717) is 8.68 Å². The second kappa shape index (κ2) is 5.91. The zero-order chi connectivity index (χ0) is 13.3. The first kappa shape index (κ1) is 15.0. The summed E-state index contributed by atoms with van der Waals surface area (Å²) in [6.45, 7) is 0. The lowest BCUT2D eigenvalue weighted by Crippen LogP contribution is -2.43. The number of rotatable bonds is 3. The highest BCUT2D eigenvalue weighted by atomic mass is 79.9. The molecule has 0 aliphatic heterocycles. The maximum absolute atomic E-state index is 12.5. The van der Waals surface area contributed by atoms with E-state index in [2.05, 4.69) is 31.9 Å². The van der Waals surface area contributed by atoms with Crippen molar-refractivity contribution in [3.8, 4) is 0 Å². The molecular weight excluding hydrogens is 402 g/mol. The van der Waals surface area contributed by atoms with Crippen LogP contribution in [0.3, 0.4) is 0 Å². The van der Waals surface area contributed by atoms with Gasteiger partial charge in [0.15, 0.2) is 0 Å². The minimum atomic E-state index is -3.38. The van der Waals surface area contributed by atoms with Gasteiger partial charge < -0.3 is 0 Å². The lowest BCUT2D eigenvalue weighted by Gasteiger charge is -2.34. The molecule has 3 nitrogen and oxygen atoms in total. The molecule has 1 aromatic heterocycles. The van der Waals surface area contributed by atoms with E-state index in [1.54, 1.807) is 18.5 Å². The summed E-state index contributed by atoms with van der Waals surface area (Å²) in [4.78, 5) is 0.254. The highest BCUT2D eigenvalue weighted by Crippen LogP contribution is 2.35. The van der Waals surface area contributed by atoms with E-state index in [9.17, 15) is 8.42 Å². The predicted molar refractivity (Wildman–Crippen MR) is 81.9 cm³/mol. The smallest absolute Gasteiger partial charge is 0.206 e. The van der Waals surface area contributed by atoms with Crippen molar-refractivity contribution in [1.82, 2.24) is 4.31 Å². The molecule has 7 heteroatoms. The van der Waals surface area contributed by atoms with Gasteiger partial charge >= 0.3 is 0 Å². The van der Waals surface area contributed by atoms with Gasteiger partial charge in [0.1, 0.15) is 4.21 Å². The summed E-state index contributed by atoms with van der Waals surface area (Å²) in [5, 5.41) is 1.79. The molecule has 1 aromatic rings. The molecule has 0 aromatic carbocycles. The summed E-state index contributed by atoms with van der Waals surface area (Å²) in [7, 11) is -1.70. The number of thiophene rings is 1. The lowest BCUT2D eigenvalue weighted by atomic mass is 9.96. The Labute approximate surface area is 129 Å². The zero-order valence-corrected chi connectivity index (χ0v) is 14.8. The molecule has 18 heavy (non-hydrogen) atoms. The first-order valence-corrected chi connectivity index (χ1v) is 9.82. The van der Waals surface area contributed by atoms with Gasteiger partial charge in [-0.15, -0.1) is 11.3 Å². The Kier molecular flexibility index (Phi) is 4.91. The molecule has 0 bridgehead atoms. The molecule has 1 fully saturated rings. The van der Waals surface area contributed by atoms with Crippen LogP contribution in [0.2, 0.25) is 0 Å². The van der Waals surface area contributed by atoms with E-state index >= 15 is 0 Å².